The average molecular weight is 304 g/mol. The first-order chi connectivity index (χ1) is 10.7. The molecule has 0 N–H and O–H groups in total. The molecule has 0 aliphatic heterocycles. The maximum Gasteiger partial charge on any atom is 0.0692 e. The van der Waals surface area contributed by atoms with Gasteiger partial charge in [0.1, 0.15) is 0 Å². The van der Waals surface area contributed by atoms with Gasteiger partial charge in [-0.15, -0.1) is 0 Å². The Labute approximate surface area is 138 Å². The molecule has 1 unspecified atom stereocenters. The van der Waals surface area contributed by atoms with Crippen LogP contribution in [0.3, 0.4) is 0 Å². The van der Waals surface area contributed by atoms with Crippen molar-refractivity contribution < 1.29 is 0 Å². The number of thiol groups is 1. The highest BCUT2D eigenvalue weighted by Crippen LogP contribution is 2.47. The minimum absolute atomic E-state index is 0.252. The first-order valence-corrected chi connectivity index (χ1v) is 8.06. The Hall–Kier alpha value is -1.99. The second kappa shape index (κ2) is 6.41. The van der Waals surface area contributed by atoms with E-state index in [-0.39, 0.29) is 10.7 Å². The van der Waals surface area contributed by atoms with Gasteiger partial charge in [0.15, 0.2) is 0 Å². The van der Waals surface area contributed by atoms with Crippen molar-refractivity contribution in [3.05, 3.63) is 108 Å². The fourth-order valence-electron chi connectivity index (χ4n) is 3.03. The van der Waals surface area contributed by atoms with Gasteiger partial charge in [-0.3, -0.25) is 0 Å². The second-order valence-corrected chi connectivity index (χ2v) is 6.34. The van der Waals surface area contributed by atoms with Crippen molar-refractivity contribution in [3.63, 3.8) is 0 Å². The van der Waals surface area contributed by atoms with E-state index in [0.29, 0.717) is 0 Å². The molecule has 0 saturated carbocycles. The van der Waals surface area contributed by atoms with Crippen LogP contribution in [0, 0.1) is 0 Å². The third kappa shape index (κ3) is 2.69. The molecule has 0 heterocycles. The fraction of sp³-hybridized carbons (Fsp3) is 0.143. The van der Waals surface area contributed by atoms with Crippen molar-refractivity contribution in [2.45, 2.75) is 17.6 Å². The van der Waals surface area contributed by atoms with Gasteiger partial charge < -0.3 is 0 Å². The minimum atomic E-state index is -0.357. The summed E-state index contributed by atoms with van der Waals surface area (Å²) in [5.41, 5.74) is 3.74. The summed E-state index contributed by atoms with van der Waals surface area (Å²) >= 11 is 5.20. The van der Waals surface area contributed by atoms with Crippen LogP contribution in [0.15, 0.2) is 91.0 Å². The molecule has 0 nitrogen and oxygen atoms in total. The zero-order valence-electron chi connectivity index (χ0n) is 12.7. The zero-order chi connectivity index (χ0) is 15.4. The van der Waals surface area contributed by atoms with E-state index in [4.69, 9.17) is 12.6 Å². The molecule has 3 aromatic rings. The standard InChI is InChI=1S/C21H20S/c1-17(18-11-5-2-6-12-18)21(22,19-13-7-3-8-14-19)20-15-9-4-10-16-20/h2-17,22H,1H3. The van der Waals surface area contributed by atoms with Crippen LogP contribution >= 0.6 is 12.6 Å². The monoisotopic (exact) mass is 304 g/mol. The smallest absolute Gasteiger partial charge is 0.0692 e. The SMILES string of the molecule is CC(c1ccccc1)C(S)(c1ccccc1)c1ccccc1. The van der Waals surface area contributed by atoms with E-state index in [1.165, 1.54) is 16.7 Å². The zero-order valence-corrected chi connectivity index (χ0v) is 13.6. The lowest BCUT2D eigenvalue weighted by atomic mass is 9.77. The van der Waals surface area contributed by atoms with Crippen LogP contribution in [0.1, 0.15) is 29.5 Å². The maximum atomic E-state index is 5.20. The van der Waals surface area contributed by atoms with E-state index in [1.54, 1.807) is 0 Å². The fourth-order valence-corrected chi connectivity index (χ4v) is 3.48. The highest BCUT2D eigenvalue weighted by molar-refractivity contribution is 7.81. The average Bonchev–Trinajstić information content (AvgIpc) is 2.62. The van der Waals surface area contributed by atoms with Gasteiger partial charge >= 0.3 is 0 Å². The topological polar surface area (TPSA) is 0 Å². The van der Waals surface area contributed by atoms with E-state index < -0.39 is 0 Å². The molecule has 3 rings (SSSR count). The molecule has 3 aromatic carbocycles. The Morgan fingerprint density at radius 3 is 1.41 bits per heavy atom. The van der Waals surface area contributed by atoms with Crippen LogP contribution in [0.2, 0.25) is 0 Å². The number of hydrogen-bond acceptors (Lipinski definition) is 1. The summed E-state index contributed by atoms with van der Waals surface area (Å²) in [6.07, 6.45) is 0. The Balaban J connectivity index is 2.16. The van der Waals surface area contributed by atoms with Gasteiger partial charge in [-0.25, -0.2) is 0 Å². The molecular formula is C21H20S. The molecule has 0 aliphatic carbocycles. The minimum Gasteiger partial charge on any atom is -0.162 e. The van der Waals surface area contributed by atoms with Crippen LogP contribution in [0.25, 0.3) is 0 Å². The lowest BCUT2D eigenvalue weighted by Gasteiger charge is -2.36. The first-order valence-electron chi connectivity index (χ1n) is 7.61. The number of rotatable bonds is 4. The summed E-state index contributed by atoms with van der Waals surface area (Å²) < 4.78 is -0.357. The van der Waals surface area contributed by atoms with Gasteiger partial charge in [0, 0.05) is 5.92 Å². The summed E-state index contributed by atoms with van der Waals surface area (Å²) in [6, 6.07) is 31.7. The third-order valence-electron chi connectivity index (χ3n) is 4.35. The molecule has 0 amide bonds. The molecular weight excluding hydrogens is 284 g/mol. The quantitative estimate of drug-likeness (QED) is 0.590. The van der Waals surface area contributed by atoms with Crippen molar-refractivity contribution in [3.8, 4) is 0 Å². The van der Waals surface area contributed by atoms with Crippen LogP contribution < -0.4 is 0 Å². The summed E-state index contributed by atoms with van der Waals surface area (Å²) in [6.45, 7) is 2.25. The van der Waals surface area contributed by atoms with Crippen molar-refractivity contribution in [1.29, 1.82) is 0 Å². The Morgan fingerprint density at radius 1 is 0.636 bits per heavy atom. The van der Waals surface area contributed by atoms with Crippen molar-refractivity contribution in [2.24, 2.45) is 0 Å². The van der Waals surface area contributed by atoms with Gasteiger partial charge in [-0.05, 0) is 16.7 Å². The molecule has 1 atom stereocenters. The molecule has 0 fully saturated rings. The number of hydrogen-bond donors (Lipinski definition) is 1. The van der Waals surface area contributed by atoms with Crippen molar-refractivity contribution in [1.82, 2.24) is 0 Å². The Kier molecular flexibility index (Phi) is 4.35. The molecule has 110 valence electrons. The van der Waals surface area contributed by atoms with Gasteiger partial charge in [0.05, 0.1) is 4.75 Å². The summed E-state index contributed by atoms with van der Waals surface area (Å²) in [5, 5.41) is 0. The van der Waals surface area contributed by atoms with Gasteiger partial charge in [0.2, 0.25) is 0 Å². The predicted molar refractivity (Wildman–Crippen MR) is 97.5 cm³/mol. The molecule has 0 saturated heterocycles. The van der Waals surface area contributed by atoms with Crippen LogP contribution in [0.5, 0.6) is 0 Å². The van der Waals surface area contributed by atoms with E-state index in [2.05, 4.69) is 97.9 Å². The lowest BCUT2D eigenvalue weighted by Crippen LogP contribution is -2.27. The lowest BCUT2D eigenvalue weighted by molar-refractivity contribution is 0.608. The van der Waals surface area contributed by atoms with Crippen LogP contribution in [-0.2, 0) is 4.75 Å². The van der Waals surface area contributed by atoms with Crippen LogP contribution in [-0.4, -0.2) is 0 Å². The third-order valence-corrected chi connectivity index (χ3v) is 5.26. The van der Waals surface area contributed by atoms with Crippen LogP contribution in [0.4, 0.5) is 0 Å². The van der Waals surface area contributed by atoms with Crippen molar-refractivity contribution in [2.75, 3.05) is 0 Å². The van der Waals surface area contributed by atoms with Gasteiger partial charge in [0.25, 0.3) is 0 Å². The summed E-state index contributed by atoms with van der Waals surface area (Å²) in [7, 11) is 0. The molecule has 22 heavy (non-hydrogen) atoms. The van der Waals surface area contributed by atoms with Gasteiger partial charge in [-0.1, -0.05) is 97.9 Å². The predicted octanol–water partition coefficient (Wildman–Crippen LogP) is 5.66. The largest absolute Gasteiger partial charge is 0.162 e. The molecule has 0 aliphatic rings. The second-order valence-electron chi connectivity index (χ2n) is 5.63. The first kappa shape index (κ1) is 14.9. The Morgan fingerprint density at radius 2 is 1.00 bits per heavy atom. The molecule has 0 aromatic heterocycles. The van der Waals surface area contributed by atoms with E-state index in [9.17, 15) is 0 Å². The van der Waals surface area contributed by atoms with E-state index >= 15 is 0 Å². The van der Waals surface area contributed by atoms with E-state index in [1.807, 2.05) is 0 Å². The molecule has 1 heteroatoms. The highest BCUT2D eigenvalue weighted by Gasteiger charge is 2.36. The molecule has 0 bridgehead atoms. The van der Waals surface area contributed by atoms with Crippen molar-refractivity contribution >= 4 is 12.6 Å². The van der Waals surface area contributed by atoms with Gasteiger partial charge in [-0.2, -0.15) is 12.6 Å². The highest BCUT2D eigenvalue weighted by atomic mass is 32.1. The molecule has 0 spiro atoms. The Bertz CT molecular complexity index is 665. The summed E-state index contributed by atoms with van der Waals surface area (Å²) in [5.74, 6) is 0.252. The van der Waals surface area contributed by atoms with E-state index in [0.717, 1.165) is 0 Å². The number of benzene rings is 3. The summed E-state index contributed by atoms with van der Waals surface area (Å²) in [4.78, 5) is 0. The maximum absolute atomic E-state index is 5.20. The molecule has 0 radical (unpaired) electrons. The normalized spacial score (nSPS) is 12.8.